The van der Waals surface area contributed by atoms with Gasteiger partial charge in [0.2, 0.25) is 5.91 Å². The molecule has 3 aromatic rings. The van der Waals surface area contributed by atoms with Gasteiger partial charge in [-0.1, -0.05) is 30.3 Å². The van der Waals surface area contributed by atoms with Gasteiger partial charge in [-0.05, 0) is 43.5 Å². The zero-order chi connectivity index (χ0) is 17.8. The lowest BCUT2D eigenvalue weighted by molar-refractivity contribution is -0.116. The van der Waals surface area contributed by atoms with Gasteiger partial charge < -0.3 is 10.3 Å². The molecule has 0 saturated carbocycles. The Morgan fingerprint density at radius 1 is 1.08 bits per heavy atom. The van der Waals surface area contributed by atoms with Gasteiger partial charge in [0.1, 0.15) is 5.82 Å². The molecule has 0 fully saturated rings. The maximum Gasteiger partial charge on any atom is 0.258 e. The van der Waals surface area contributed by atoms with E-state index in [-0.39, 0.29) is 11.5 Å². The van der Waals surface area contributed by atoms with Crippen LogP contribution in [0.2, 0.25) is 0 Å². The van der Waals surface area contributed by atoms with Crippen LogP contribution in [0.4, 0.5) is 5.69 Å². The van der Waals surface area contributed by atoms with E-state index >= 15 is 0 Å². The number of hydrogen-bond donors (Lipinski definition) is 2. The molecular formula is C20H21N3O2. The second-order valence-corrected chi connectivity index (χ2v) is 6.20. The molecule has 0 saturated heterocycles. The minimum Gasteiger partial charge on any atom is -0.326 e. The first-order valence-corrected chi connectivity index (χ1v) is 8.38. The van der Waals surface area contributed by atoms with Crippen LogP contribution in [0, 0.1) is 13.8 Å². The first-order valence-electron chi connectivity index (χ1n) is 8.38. The van der Waals surface area contributed by atoms with Crippen molar-refractivity contribution in [1.29, 1.82) is 0 Å². The van der Waals surface area contributed by atoms with Gasteiger partial charge >= 0.3 is 0 Å². The Labute approximate surface area is 146 Å². The molecule has 0 aliphatic heterocycles. The number of nitrogens with one attached hydrogen (secondary N) is 2. The summed E-state index contributed by atoms with van der Waals surface area (Å²) in [6, 6.07) is 13.2. The van der Waals surface area contributed by atoms with Crippen molar-refractivity contribution in [3.63, 3.8) is 0 Å². The van der Waals surface area contributed by atoms with Crippen LogP contribution in [0.25, 0.3) is 10.9 Å². The van der Waals surface area contributed by atoms with E-state index in [1.54, 1.807) is 6.07 Å². The van der Waals surface area contributed by atoms with Crippen molar-refractivity contribution in [2.45, 2.75) is 33.1 Å². The topological polar surface area (TPSA) is 74.8 Å². The number of aromatic amines is 1. The average molecular weight is 335 g/mol. The number of rotatable bonds is 5. The number of anilines is 1. The normalized spacial score (nSPS) is 10.8. The molecule has 3 rings (SSSR count). The number of para-hydroxylation sites is 2. The highest BCUT2D eigenvalue weighted by molar-refractivity contribution is 5.92. The molecular weight excluding hydrogens is 314 g/mol. The Balaban J connectivity index is 1.61. The van der Waals surface area contributed by atoms with Gasteiger partial charge in [-0.15, -0.1) is 0 Å². The minimum atomic E-state index is -0.138. The summed E-state index contributed by atoms with van der Waals surface area (Å²) >= 11 is 0. The molecule has 1 aromatic heterocycles. The standard InChI is InChI=1S/C20H21N3O2/c1-13-7-5-8-14(2)19(13)23-18(24)12-6-11-17-21-16-10-4-3-9-15(16)20(25)22-17/h3-5,7-10H,6,11-12H2,1-2H3,(H,23,24)(H,21,22,25). The second kappa shape index (κ2) is 7.30. The van der Waals surface area contributed by atoms with Crippen molar-refractivity contribution in [3.8, 4) is 0 Å². The van der Waals surface area contributed by atoms with Crippen LogP contribution in [0.3, 0.4) is 0 Å². The smallest absolute Gasteiger partial charge is 0.258 e. The molecule has 5 heteroatoms. The summed E-state index contributed by atoms with van der Waals surface area (Å²) < 4.78 is 0. The van der Waals surface area contributed by atoms with Crippen LogP contribution in [0.1, 0.15) is 29.8 Å². The van der Waals surface area contributed by atoms with E-state index in [0.717, 1.165) is 16.8 Å². The molecule has 0 aliphatic carbocycles. The number of benzene rings is 2. The quantitative estimate of drug-likeness (QED) is 0.749. The van der Waals surface area contributed by atoms with Crippen molar-refractivity contribution >= 4 is 22.5 Å². The first-order chi connectivity index (χ1) is 12.0. The molecule has 2 N–H and O–H groups in total. The van der Waals surface area contributed by atoms with Crippen LogP contribution in [0.5, 0.6) is 0 Å². The van der Waals surface area contributed by atoms with Crippen molar-refractivity contribution in [2.24, 2.45) is 0 Å². The summed E-state index contributed by atoms with van der Waals surface area (Å²) in [5, 5.41) is 3.56. The van der Waals surface area contributed by atoms with Crippen molar-refractivity contribution in [3.05, 3.63) is 69.8 Å². The maximum absolute atomic E-state index is 12.2. The molecule has 5 nitrogen and oxygen atoms in total. The number of carbonyl (C=O) groups excluding carboxylic acids is 1. The van der Waals surface area contributed by atoms with Crippen LogP contribution < -0.4 is 10.9 Å². The van der Waals surface area contributed by atoms with Gasteiger partial charge in [-0.2, -0.15) is 0 Å². The highest BCUT2D eigenvalue weighted by atomic mass is 16.1. The number of fused-ring (bicyclic) bond motifs is 1. The van der Waals surface area contributed by atoms with E-state index in [1.165, 1.54) is 0 Å². The number of aryl methyl sites for hydroxylation is 3. The van der Waals surface area contributed by atoms with Gasteiger partial charge in [0.25, 0.3) is 5.56 Å². The molecule has 0 aliphatic rings. The largest absolute Gasteiger partial charge is 0.326 e. The van der Waals surface area contributed by atoms with Gasteiger partial charge in [0, 0.05) is 18.5 Å². The number of carbonyl (C=O) groups is 1. The van der Waals surface area contributed by atoms with Gasteiger partial charge in [0.15, 0.2) is 0 Å². The molecule has 128 valence electrons. The summed E-state index contributed by atoms with van der Waals surface area (Å²) in [5.74, 6) is 0.587. The van der Waals surface area contributed by atoms with Crippen LogP contribution in [0.15, 0.2) is 47.3 Å². The predicted molar refractivity (Wildman–Crippen MR) is 99.8 cm³/mol. The van der Waals surface area contributed by atoms with Crippen molar-refractivity contribution in [2.75, 3.05) is 5.32 Å². The summed E-state index contributed by atoms with van der Waals surface area (Å²) in [6.07, 6.45) is 1.56. The molecule has 1 amide bonds. The Bertz CT molecular complexity index is 956. The average Bonchev–Trinajstić information content (AvgIpc) is 2.58. The highest BCUT2D eigenvalue weighted by Gasteiger charge is 2.08. The lowest BCUT2D eigenvalue weighted by Crippen LogP contribution is -2.15. The zero-order valence-electron chi connectivity index (χ0n) is 14.4. The highest BCUT2D eigenvalue weighted by Crippen LogP contribution is 2.19. The molecule has 1 heterocycles. The second-order valence-electron chi connectivity index (χ2n) is 6.20. The summed E-state index contributed by atoms with van der Waals surface area (Å²) in [5.41, 5.74) is 3.52. The molecule has 0 radical (unpaired) electrons. The zero-order valence-corrected chi connectivity index (χ0v) is 14.4. The minimum absolute atomic E-state index is 0.0273. The Hall–Kier alpha value is -2.95. The van der Waals surface area contributed by atoms with Crippen LogP contribution in [-0.2, 0) is 11.2 Å². The van der Waals surface area contributed by atoms with Gasteiger partial charge in [0.05, 0.1) is 10.9 Å². The number of nitrogens with zero attached hydrogens (tertiary/aromatic N) is 1. The Morgan fingerprint density at radius 2 is 1.80 bits per heavy atom. The molecule has 0 atom stereocenters. The van der Waals surface area contributed by atoms with E-state index in [1.807, 2.05) is 50.2 Å². The number of amides is 1. The fraction of sp³-hybridized carbons (Fsp3) is 0.250. The van der Waals surface area contributed by atoms with E-state index in [4.69, 9.17) is 0 Å². The fourth-order valence-corrected chi connectivity index (χ4v) is 2.88. The van der Waals surface area contributed by atoms with Crippen molar-refractivity contribution in [1.82, 2.24) is 9.97 Å². The predicted octanol–water partition coefficient (Wildman–Crippen LogP) is 3.50. The van der Waals surface area contributed by atoms with E-state index in [9.17, 15) is 9.59 Å². The van der Waals surface area contributed by atoms with Crippen molar-refractivity contribution < 1.29 is 4.79 Å². The Morgan fingerprint density at radius 3 is 2.56 bits per heavy atom. The third kappa shape index (κ3) is 3.94. The van der Waals surface area contributed by atoms with Gasteiger partial charge in [-0.3, -0.25) is 9.59 Å². The summed E-state index contributed by atoms with van der Waals surface area (Å²) in [6.45, 7) is 3.96. The SMILES string of the molecule is Cc1cccc(C)c1NC(=O)CCCc1nc2ccccc2c(=O)[nH]1. The fourth-order valence-electron chi connectivity index (χ4n) is 2.88. The van der Waals surface area contributed by atoms with E-state index in [2.05, 4.69) is 15.3 Å². The van der Waals surface area contributed by atoms with E-state index < -0.39 is 0 Å². The monoisotopic (exact) mass is 335 g/mol. The number of aromatic nitrogens is 2. The number of hydrogen-bond acceptors (Lipinski definition) is 3. The third-order valence-electron chi connectivity index (χ3n) is 4.22. The van der Waals surface area contributed by atoms with Crippen LogP contribution >= 0.6 is 0 Å². The molecule has 0 unspecified atom stereocenters. The van der Waals surface area contributed by atoms with Crippen LogP contribution in [-0.4, -0.2) is 15.9 Å². The maximum atomic E-state index is 12.2. The molecule has 25 heavy (non-hydrogen) atoms. The molecule has 0 spiro atoms. The summed E-state index contributed by atoms with van der Waals surface area (Å²) in [7, 11) is 0. The molecule has 0 bridgehead atoms. The summed E-state index contributed by atoms with van der Waals surface area (Å²) in [4.78, 5) is 31.5. The Kier molecular flexibility index (Phi) is 4.93. The molecule has 2 aromatic carbocycles. The number of H-pyrrole nitrogens is 1. The lowest BCUT2D eigenvalue weighted by atomic mass is 10.1. The lowest BCUT2D eigenvalue weighted by Gasteiger charge is -2.11. The van der Waals surface area contributed by atoms with Gasteiger partial charge in [-0.25, -0.2) is 4.98 Å². The first kappa shape index (κ1) is 16.9. The third-order valence-corrected chi connectivity index (χ3v) is 4.22. The van der Waals surface area contributed by atoms with E-state index in [0.29, 0.717) is 36.0 Å².